The first-order valence-corrected chi connectivity index (χ1v) is 53.1. The molecule has 17 heteroatoms. The molecule has 0 aliphatic carbocycles. The molecule has 530 valence electrons. The Balaban J connectivity index is 3.07. The number of hydrogen-bond donors (Lipinski definition) is 0. The number of esters is 1. The topological polar surface area (TPSA) is 109 Å². The number of unbranched alkanes of at least 4 members (excludes halogenated alkanes) is 1. The minimum Gasteiger partial charge on any atom is -0.497 e. The van der Waals surface area contributed by atoms with Crippen molar-refractivity contribution in [2.24, 2.45) is 11.3 Å². The van der Waals surface area contributed by atoms with Gasteiger partial charge < -0.3 is 45.8 Å². The number of carbonyl (C=O) groups is 1. The zero-order valence-corrected chi connectivity index (χ0v) is 71.9. The number of rotatable bonds is 32. The van der Waals surface area contributed by atoms with Gasteiger partial charge in [-0.05, 0) is 187 Å². The second kappa shape index (κ2) is 33.1. The molecule has 1 heterocycles. The Hall–Kier alpha value is -1.23. The van der Waals surface area contributed by atoms with Crippen molar-refractivity contribution < 1.29 is 50.6 Å². The van der Waals surface area contributed by atoms with Gasteiger partial charge in [0.1, 0.15) is 38.2 Å². The first-order valence-electron chi connectivity index (χ1n) is 35.1. The summed E-state index contributed by atoms with van der Waals surface area (Å²) < 4.78 is 72.4. The minimum absolute atomic E-state index is 0.000794. The lowest BCUT2D eigenvalue weighted by Gasteiger charge is -2.54. The largest absolute Gasteiger partial charge is 0.497 e. The predicted octanol–water partition coefficient (Wildman–Crippen LogP) is 21.6. The molecule has 10 atom stereocenters. The van der Waals surface area contributed by atoms with Gasteiger partial charge in [0.2, 0.25) is 5.79 Å². The van der Waals surface area contributed by atoms with E-state index < -0.39 is 79.2 Å². The summed E-state index contributed by atoms with van der Waals surface area (Å²) in [7, 11) is -10.3. The highest BCUT2D eigenvalue weighted by Crippen LogP contribution is 2.49. The number of hydrogen-bond acceptors (Lipinski definition) is 11. The highest BCUT2D eigenvalue weighted by molar-refractivity contribution is 6.84. The average molecular weight is 1380 g/mol. The summed E-state index contributed by atoms with van der Waals surface area (Å²) in [6.07, 6.45) is 7.09. The molecule has 0 bridgehead atoms. The number of methoxy groups -OCH3 is 2. The molecular formula is C74H144O11Si6. The summed E-state index contributed by atoms with van der Waals surface area (Å²) in [5, 5.41) is -0.325. The summed E-state index contributed by atoms with van der Waals surface area (Å²) in [5.74, 6) is 2.99. The third-order valence-corrected chi connectivity index (χ3v) is 44.7. The highest BCUT2D eigenvalue weighted by Gasteiger charge is 2.58. The van der Waals surface area contributed by atoms with Gasteiger partial charge in [0, 0.05) is 25.6 Å². The Labute approximate surface area is 568 Å². The maximum atomic E-state index is 13.9. The van der Waals surface area contributed by atoms with Crippen LogP contribution in [0.1, 0.15) is 215 Å². The zero-order valence-electron chi connectivity index (χ0n) is 65.9. The number of benzene rings is 1. The summed E-state index contributed by atoms with van der Waals surface area (Å²) in [6.45, 7) is 77.9. The van der Waals surface area contributed by atoms with E-state index in [2.05, 4.69) is 239 Å². The van der Waals surface area contributed by atoms with Crippen LogP contribution in [0.25, 0.3) is 0 Å². The van der Waals surface area contributed by atoms with Crippen LogP contribution in [0, 0.1) is 22.8 Å². The van der Waals surface area contributed by atoms with Gasteiger partial charge in [-0.2, -0.15) is 0 Å². The molecule has 1 aliphatic heterocycles. The average Bonchev–Trinajstić information content (AvgIpc) is 0.767. The maximum Gasteiger partial charge on any atom is 0.311 e. The monoisotopic (exact) mass is 1380 g/mol. The van der Waals surface area contributed by atoms with Crippen molar-refractivity contribution in [1.82, 2.24) is 0 Å². The number of carbonyl (C=O) groups excluding carboxylic acids is 1. The summed E-state index contributed by atoms with van der Waals surface area (Å²) in [6, 6.07) is 8.17. The first-order chi connectivity index (χ1) is 40.8. The Bertz CT molecular complexity index is 2470. The van der Waals surface area contributed by atoms with Crippen molar-refractivity contribution in [2.45, 2.75) is 381 Å². The van der Waals surface area contributed by atoms with E-state index in [1.165, 1.54) is 0 Å². The maximum absolute atomic E-state index is 13.9. The van der Waals surface area contributed by atoms with Gasteiger partial charge in [-0.15, -0.1) is 5.54 Å². The van der Waals surface area contributed by atoms with Gasteiger partial charge in [0.15, 0.2) is 41.6 Å². The van der Waals surface area contributed by atoms with Crippen LogP contribution >= 0.6 is 0 Å². The van der Waals surface area contributed by atoms with Gasteiger partial charge >= 0.3 is 5.97 Å². The van der Waals surface area contributed by atoms with E-state index in [0.29, 0.717) is 38.7 Å². The van der Waals surface area contributed by atoms with Crippen LogP contribution in [0.2, 0.25) is 110 Å². The standard InChI is InChI=1S/C74H144O11Si6/c1-37-38-39-62(79-67(75)68(4,5)6)63(83-89(31,32)71(13,14)15)46-44-60(81-87(27,28)69(7,8)9)52-59-45-47-65(84-90(33,34)72(16,17)18)74(77-23,80-59)66(85-91(35,36)73(19,20)21)51-55(2)50-56(3)64(78-54-57-40-42-58(76-22)43-41-57)53-61(48-49-86(24,25)26)82-88(29,30)70(10,11)12/h40-43,50,56,59-66H,37-39,44-47,51-54H2,1-36H3/b55-50+/t56-,59+,60-,61+,62+,63+,64+,65+,66+,74?/m0/s1. The van der Waals surface area contributed by atoms with Crippen molar-refractivity contribution in [3.05, 3.63) is 41.5 Å². The molecule has 0 N–H and O–H groups in total. The fourth-order valence-electron chi connectivity index (χ4n) is 10.00. The van der Waals surface area contributed by atoms with E-state index in [0.717, 1.165) is 49.0 Å². The van der Waals surface area contributed by atoms with Crippen molar-refractivity contribution in [2.75, 3.05) is 14.2 Å². The van der Waals surface area contributed by atoms with Crippen LogP contribution in [0.3, 0.4) is 0 Å². The van der Waals surface area contributed by atoms with Crippen molar-refractivity contribution in [3.63, 3.8) is 0 Å². The predicted molar refractivity (Wildman–Crippen MR) is 402 cm³/mol. The molecule has 1 saturated heterocycles. The van der Waals surface area contributed by atoms with Crippen LogP contribution in [0.4, 0.5) is 0 Å². The van der Waals surface area contributed by atoms with Gasteiger partial charge in [0.05, 0.1) is 37.4 Å². The molecule has 1 fully saturated rings. The van der Waals surface area contributed by atoms with Gasteiger partial charge in [-0.25, -0.2) is 0 Å². The van der Waals surface area contributed by atoms with Crippen LogP contribution in [-0.2, 0) is 52.5 Å². The third-order valence-electron chi connectivity index (χ3n) is 21.3. The quantitative estimate of drug-likeness (QED) is 0.0298. The third kappa shape index (κ3) is 26.2. The molecule has 0 spiro atoms. The Kier molecular flexibility index (Phi) is 31.2. The molecule has 91 heavy (non-hydrogen) atoms. The molecule has 2 rings (SSSR count). The molecule has 1 aromatic rings. The Morgan fingerprint density at radius 3 is 1.59 bits per heavy atom. The SMILES string of the molecule is CCCC[C@@H](OC(=O)C(C)(C)C)[C@@H](CC[C@@H](C[C@H]1CC[C@@H](O[Si](C)(C)C(C)(C)C)C(OC)([C@@H](C/C(C)=C/[C@H](C)[C@@H](C[C@@H](C#C[Si](C)(C)C)O[Si](C)(C)C(C)(C)C)OCc2ccc(OC)cc2)O[Si](C)(C)C(C)(C)C)O1)O[Si](C)(C)C(C)(C)C)O[Si](C)(C)C(C)(C)C. The van der Waals surface area contributed by atoms with E-state index in [-0.39, 0.29) is 67.6 Å². The molecule has 0 aromatic heterocycles. The minimum atomic E-state index is -2.58. The van der Waals surface area contributed by atoms with E-state index in [9.17, 15) is 4.79 Å². The molecule has 1 aliphatic rings. The Morgan fingerprint density at radius 1 is 0.637 bits per heavy atom. The fraction of sp³-hybridized carbons (Fsp3) is 0.851. The molecule has 0 saturated carbocycles. The van der Waals surface area contributed by atoms with Gasteiger partial charge in [0.25, 0.3) is 0 Å². The van der Waals surface area contributed by atoms with Crippen LogP contribution in [0.5, 0.6) is 5.75 Å². The summed E-state index contributed by atoms with van der Waals surface area (Å²) in [5.41, 5.74) is 5.29. The second-order valence-corrected chi connectivity index (χ2v) is 65.5. The first kappa shape index (κ1) is 85.9. The van der Waals surface area contributed by atoms with Crippen LogP contribution in [-0.4, -0.2) is 124 Å². The second-order valence-electron chi connectivity index (χ2n) is 36.9. The van der Waals surface area contributed by atoms with Crippen molar-refractivity contribution in [1.29, 1.82) is 0 Å². The molecular weight excluding hydrogens is 1230 g/mol. The lowest BCUT2D eigenvalue weighted by atomic mass is 9.87. The van der Waals surface area contributed by atoms with Crippen molar-refractivity contribution in [3.8, 4) is 17.2 Å². The highest BCUT2D eigenvalue weighted by atomic mass is 28.4. The smallest absolute Gasteiger partial charge is 0.311 e. The molecule has 11 nitrogen and oxygen atoms in total. The molecule has 0 radical (unpaired) electrons. The van der Waals surface area contributed by atoms with E-state index in [1.54, 1.807) is 7.11 Å². The van der Waals surface area contributed by atoms with Crippen LogP contribution in [0.15, 0.2) is 35.9 Å². The lowest BCUT2D eigenvalue weighted by molar-refractivity contribution is -0.342. The van der Waals surface area contributed by atoms with E-state index in [4.69, 9.17) is 45.8 Å². The van der Waals surface area contributed by atoms with Gasteiger partial charge in [-0.3, -0.25) is 4.79 Å². The van der Waals surface area contributed by atoms with E-state index in [1.807, 2.05) is 40.0 Å². The normalized spacial score (nSPS) is 20.9. The summed E-state index contributed by atoms with van der Waals surface area (Å²) >= 11 is 0. The van der Waals surface area contributed by atoms with Crippen LogP contribution < -0.4 is 4.74 Å². The van der Waals surface area contributed by atoms with Gasteiger partial charge in [-0.1, -0.05) is 173 Å². The fourth-order valence-corrected chi connectivity index (χ4v) is 17.3. The zero-order chi connectivity index (χ0) is 70.8. The Morgan fingerprint density at radius 2 is 1.13 bits per heavy atom. The lowest BCUT2D eigenvalue weighted by Crippen LogP contribution is -2.66. The summed E-state index contributed by atoms with van der Waals surface area (Å²) in [4.78, 5) is 13.9. The molecule has 1 aromatic carbocycles. The molecule has 0 amide bonds. The van der Waals surface area contributed by atoms with E-state index >= 15 is 0 Å². The molecule has 1 unspecified atom stereocenters. The number of ether oxygens (including phenoxy) is 5. The van der Waals surface area contributed by atoms with Crippen molar-refractivity contribution >= 4 is 55.6 Å².